The predicted octanol–water partition coefficient (Wildman–Crippen LogP) is 4.59. The second-order valence-electron chi connectivity index (χ2n) is 13.4. The molecule has 13 nitrogen and oxygen atoms in total. The fraction of sp³-hybridized carbons (Fsp3) is 0.412. The van der Waals surface area contributed by atoms with Crippen LogP contribution in [-0.2, 0) is 50.3 Å². The van der Waals surface area contributed by atoms with Crippen LogP contribution in [0.2, 0.25) is 0 Å². The highest BCUT2D eigenvalue weighted by Gasteiger charge is 2.44. The number of allylic oxidation sites excluding steroid dienone is 4. The number of unbranched alkanes of at least 4 members (excludes halogenated alkanes) is 2. The van der Waals surface area contributed by atoms with Crippen molar-refractivity contribution >= 4 is 55.1 Å². The number of nitrogens with zero attached hydrogens (tertiary/aromatic N) is 3. The Morgan fingerprint density at radius 1 is 0.878 bits per heavy atom. The summed E-state index contributed by atoms with van der Waals surface area (Å²) < 4.78 is 69.0. The summed E-state index contributed by atoms with van der Waals surface area (Å²) in [5, 5.41) is 0.537. The Morgan fingerprint density at radius 2 is 1.47 bits per heavy atom. The molecule has 3 aliphatic heterocycles. The van der Waals surface area contributed by atoms with Crippen LogP contribution in [0.4, 0.5) is 11.4 Å². The van der Waals surface area contributed by atoms with Gasteiger partial charge >= 0.3 is 5.97 Å². The molecule has 262 valence electrons. The predicted molar refractivity (Wildman–Crippen MR) is 180 cm³/mol. The van der Waals surface area contributed by atoms with E-state index < -0.39 is 48.8 Å². The lowest BCUT2D eigenvalue weighted by Gasteiger charge is -2.27. The molecule has 2 amide bonds. The highest BCUT2D eigenvalue weighted by Crippen LogP contribution is 2.49. The van der Waals surface area contributed by atoms with Crippen LogP contribution >= 0.6 is 0 Å². The van der Waals surface area contributed by atoms with Crippen LogP contribution in [0.3, 0.4) is 0 Å². The number of imide groups is 1. The first-order valence-corrected chi connectivity index (χ1v) is 18.7. The van der Waals surface area contributed by atoms with Gasteiger partial charge in [0.05, 0.1) is 15.2 Å². The highest BCUT2D eigenvalue weighted by molar-refractivity contribution is 7.86. The van der Waals surface area contributed by atoms with Crippen molar-refractivity contribution in [2.24, 2.45) is 0 Å². The molecule has 2 aromatic rings. The van der Waals surface area contributed by atoms with Gasteiger partial charge in [0.15, 0.2) is 5.71 Å². The standard InChI is InChI=1S/C34H39N3O10S2/c1-33(2)24-20-22(48(41,42)43)13-15-26(24)35(5)28(33)10-9-11-29-34(3,4)25-21-23(49(44,45)46)14-16-27(25)36(29)19-8-6-7-12-32(40)47-37-30(38)17-18-31(37)39/h9-11,13-16,20-21H,6-8,12,17-19H2,1-5H3,(H-,41,42,43,44,45,46)/p+1. The molecule has 1 fully saturated rings. The lowest BCUT2D eigenvalue weighted by Crippen LogP contribution is -2.32. The van der Waals surface area contributed by atoms with Crippen molar-refractivity contribution in [3.05, 3.63) is 71.5 Å². The summed E-state index contributed by atoms with van der Waals surface area (Å²) in [5.41, 5.74) is 3.50. The lowest BCUT2D eigenvalue weighted by molar-refractivity contribution is -0.401. The van der Waals surface area contributed by atoms with E-state index in [1.54, 1.807) is 12.1 Å². The van der Waals surface area contributed by atoms with Crippen molar-refractivity contribution in [1.82, 2.24) is 5.06 Å². The zero-order valence-corrected chi connectivity index (χ0v) is 29.6. The van der Waals surface area contributed by atoms with E-state index in [-0.39, 0.29) is 29.1 Å². The summed E-state index contributed by atoms with van der Waals surface area (Å²) in [5.74, 6) is -1.72. The van der Waals surface area contributed by atoms with Gasteiger partial charge in [0.25, 0.3) is 32.1 Å². The Kier molecular flexibility index (Phi) is 9.53. The van der Waals surface area contributed by atoms with Gasteiger partial charge in [-0.2, -0.15) is 21.4 Å². The summed E-state index contributed by atoms with van der Waals surface area (Å²) in [6.07, 6.45) is 7.56. The van der Waals surface area contributed by atoms with Gasteiger partial charge in [-0.25, -0.2) is 4.79 Å². The number of amides is 2. The Morgan fingerprint density at radius 3 is 2.08 bits per heavy atom. The van der Waals surface area contributed by atoms with Gasteiger partial charge in [-0.3, -0.25) is 18.7 Å². The smallest absolute Gasteiger partial charge is 0.333 e. The third-order valence-electron chi connectivity index (χ3n) is 9.43. The SMILES string of the molecule is C[N+]1=C(C=CC=C2N(CCCCCC(=O)ON3C(=O)CCC3=O)c3ccc(S(=O)(=O)O)cc3C2(C)C)C(C)(C)c2cc(S(=O)(=O)O)ccc21. The van der Waals surface area contributed by atoms with Crippen LogP contribution in [0.5, 0.6) is 0 Å². The quantitative estimate of drug-likeness (QED) is 0.144. The maximum Gasteiger partial charge on any atom is 0.333 e. The zero-order chi connectivity index (χ0) is 36.1. The minimum atomic E-state index is -4.45. The molecule has 0 aliphatic carbocycles. The lowest BCUT2D eigenvalue weighted by atomic mass is 9.81. The van der Waals surface area contributed by atoms with Gasteiger partial charge < -0.3 is 9.74 Å². The minimum Gasteiger partial charge on any atom is -0.344 e. The number of carbonyl (C=O) groups is 3. The fourth-order valence-electron chi connectivity index (χ4n) is 6.78. The Bertz CT molecular complexity index is 2050. The van der Waals surface area contributed by atoms with E-state index in [9.17, 15) is 40.3 Å². The molecule has 0 aromatic heterocycles. The normalized spacial score (nSPS) is 19.4. The molecule has 2 N–H and O–H groups in total. The number of rotatable bonds is 11. The maximum atomic E-state index is 12.2. The van der Waals surface area contributed by atoms with Crippen molar-refractivity contribution < 1.29 is 49.7 Å². The molecule has 0 saturated carbocycles. The average Bonchev–Trinajstić information content (AvgIpc) is 3.51. The van der Waals surface area contributed by atoms with Gasteiger partial charge in [0.2, 0.25) is 5.69 Å². The molecular formula is C34H40N3O10S2+. The Labute approximate surface area is 286 Å². The summed E-state index contributed by atoms with van der Waals surface area (Å²) in [6.45, 7) is 8.37. The van der Waals surface area contributed by atoms with Crippen LogP contribution in [0, 0.1) is 0 Å². The summed E-state index contributed by atoms with van der Waals surface area (Å²) >= 11 is 0. The molecular weight excluding hydrogens is 675 g/mol. The van der Waals surface area contributed by atoms with Crippen LogP contribution in [-0.4, -0.2) is 72.7 Å². The molecule has 5 rings (SSSR count). The largest absolute Gasteiger partial charge is 0.344 e. The molecule has 2 aromatic carbocycles. The monoisotopic (exact) mass is 714 g/mol. The van der Waals surface area contributed by atoms with Crippen LogP contribution in [0.1, 0.15) is 77.3 Å². The van der Waals surface area contributed by atoms with E-state index in [2.05, 4.69) is 4.90 Å². The summed E-state index contributed by atoms with van der Waals surface area (Å²) in [4.78, 5) is 42.3. The number of hydroxylamine groups is 2. The van der Waals surface area contributed by atoms with E-state index in [0.29, 0.717) is 36.4 Å². The number of anilines is 1. The Balaban J connectivity index is 1.37. The second kappa shape index (κ2) is 12.9. The summed E-state index contributed by atoms with van der Waals surface area (Å²) in [6, 6.07) is 9.01. The minimum absolute atomic E-state index is 0.0237. The number of fused-ring (bicyclic) bond motifs is 2. The number of hydrogen-bond donors (Lipinski definition) is 2. The second-order valence-corrected chi connectivity index (χ2v) is 16.3. The Hall–Kier alpha value is -4.18. The number of benzene rings is 2. The van der Waals surface area contributed by atoms with Gasteiger partial charge in [-0.15, -0.1) is 5.06 Å². The molecule has 0 radical (unpaired) electrons. The third kappa shape index (κ3) is 6.98. The molecule has 49 heavy (non-hydrogen) atoms. The number of hydrogen-bond acceptors (Lipinski definition) is 9. The average molecular weight is 715 g/mol. The maximum absolute atomic E-state index is 12.2. The molecule has 0 spiro atoms. The first-order valence-electron chi connectivity index (χ1n) is 15.8. The molecule has 3 aliphatic rings. The molecule has 3 heterocycles. The van der Waals surface area contributed by atoms with Gasteiger partial charge in [0.1, 0.15) is 7.05 Å². The molecule has 0 bridgehead atoms. The van der Waals surface area contributed by atoms with E-state index in [1.165, 1.54) is 24.3 Å². The van der Waals surface area contributed by atoms with E-state index in [0.717, 1.165) is 28.3 Å². The molecule has 0 atom stereocenters. The summed E-state index contributed by atoms with van der Waals surface area (Å²) in [7, 11) is -6.95. The van der Waals surface area contributed by atoms with Crippen LogP contribution in [0.15, 0.2) is 70.1 Å². The molecule has 1 saturated heterocycles. The van der Waals surface area contributed by atoms with Gasteiger partial charge in [-0.05, 0) is 68.7 Å². The van der Waals surface area contributed by atoms with Gasteiger partial charge in [0, 0.05) is 60.3 Å². The first kappa shape index (κ1) is 36.1. The van der Waals surface area contributed by atoms with E-state index in [4.69, 9.17) is 4.84 Å². The van der Waals surface area contributed by atoms with Crippen molar-refractivity contribution in [3.63, 3.8) is 0 Å². The van der Waals surface area contributed by atoms with Crippen molar-refractivity contribution in [3.8, 4) is 0 Å². The zero-order valence-electron chi connectivity index (χ0n) is 28.0. The first-order chi connectivity index (χ1) is 22.7. The topological polar surface area (TPSA) is 179 Å². The van der Waals surface area contributed by atoms with Gasteiger partial charge in [-0.1, -0.05) is 26.3 Å². The number of carbonyl (C=O) groups excluding carboxylic acids is 3. The van der Waals surface area contributed by atoms with Crippen molar-refractivity contribution in [2.75, 3.05) is 18.5 Å². The highest BCUT2D eigenvalue weighted by atomic mass is 32.2. The van der Waals surface area contributed by atoms with Crippen LogP contribution in [0.25, 0.3) is 0 Å². The fourth-order valence-corrected chi connectivity index (χ4v) is 7.80. The third-order valence-corrected chi connectivity index (χ3v) is 11.1. The van der Waals surface area contributed by atoms with E-state index >= 15 is 0 Å². The van der Waals surface area contributed by atoms with Crippen molar-refractivity contribution in [1.29, 1.82) is 0 Å². The van der Waals surface area contributed by atoms with E-state index in [1.807, 2.05) is 57.5 Å². The molecule has 0 unspecified atom stereocenters. The van der Waals surface area contributed by atoms with Crippen molar-refractivity contribution in [2.45, 2.75) is 86.8 Å². The van der Waals surface area contributed by atoms with Crippen LogP contribution < -0.4 is 4.90 Å². The molecule has 15 heteroatoms.